The smallest absolute Gasteiger partial charge is 0.338 e. The molecule has 4 heteroatoms. The average Bonchev–Trinajstić information content (AvgIpc) is 2.59. The molecular weight excluding hydrogens is 290 g/mol. The van der Waals surface area contributed by atoms with Crippen LogP contribution in [0.2, 0.25) is 0 Å². The van der Waals surface area contributed by atoms with E-state index < -0.39 is 0 Å². The second-order valence-corrected chi connectivity index (χ2v) is 6.65. The highest BCUT2D eigenvalue weighted by molar-refractivity contribution is 5.89. The Balaban J connectivity index is 1.68. The Bertz CT molecular complexity index is 542. The third-order valence-corrected chi connectivity index (χ3v) is 5.40. The van der Waals surface area contributed by atoms with Crippen LogP contribution in [0, 0.1) is 5.41 Å². The molecule has 3 rings (SSSR count). The number of carbonyl (C=O) groups excluding carboxylic acids is 1. The van der Waals surface area contributed by atoms with Gasteiger partial charge in [-0.2, -0.15) is 0 Å². The van der Waals surface area contributed by atoms with Crippen molar-refractivity contribution in [1.29, 1.82) is 0 Å². The van der Waals surface area contributed by atoms with Gasteiger partial charge in [-0.15, -0.1) is 0 Å². The Morgan fingerprint density at radius 1 is 1.22 bits per heavy atom. The molecule has 1 saturated heterocycles. The summed E-state index contributed by atoms with van der Waals surface area (Å²) in [5.41, 5.74) is 2.22. The number of hydrogen-bond acceptors (Lipinski definition) is 4. The van der Waals surface area contributed by atoms with Crippen LogP contribution in [0.1, 0.15) is 61.5 Å². The highest BCUT2D eigenvalue weighted by Crippen LogP contribution is 2.53. The van der Waals surface area contributed by atoms with Crippen molar-refractivity contribution >= 4 is 5.97 Å². The topological polar surface area (TPSA) is 47.6 Å². The SMILES string of the molecule is CCOC(=O)c1ccc(C2CC3(CCN2)CCC3OCC)cc1. The second kappa shape index (κ2) is 7.02. The van der Waals surface area contributed by atoms with E-state index in [2.05, 4.69) is 24.4 Å². The minimum Gasteiger partial charge on any atom is -0.462 e. The number of nitrogens with one attached hydrogen (secondary N) is 1. The molecule has 1 N–H and O–H groups in total. The molecule has 2 fully saturated rings. The summed E-state index contributed by atoms with van der Waals surface area (Å²) in [6.45, 7) is 6.16. The van der Waals surface area contributed by atoms with Crippen molar-refractivity contribution in [1.82, 2.24) is 5.32 Å². The Hall–Kier alpha value is -1.39. The predicted octanol–water partition coefficient (Wildman–Crippen LogP) is 3.47. The molecule has 3 atom stereocenters. The summed E-state index contributed by atoms with van der Waals surface area (Å²) < 4.78 is 11.0. The van der Waals surface area contributed by atoms with Crippen LogP contribution in [0.5, 0.6) is 0 Å². The summed E-state index contributed by atoms with van der Waals surface area (Å²) in [6, 6.07) is 8.20. The predicted molar refractivity (Wildman–Crippen MR) is 89.5 cm³/mol. The first-order valence-electron chi connectivity index (χ1n) is 8.80. The highest BCUT2D eigenvalue weighted by Gasteiger charge is 2.49. The van der Waals surface area contributed by atoms with E-state index in [1.54, 1.807) is 0 Å². The average molecular weight is 317 g/mol. The van der Waals surface area contributed by atoms with Crippen molar-refractivity contribution < 1.29 is 14.3 Å². The van der Waals surface area contributed by atoms with Crippen molar-refractivity contribution in [2.24, 2.45) is 5.41 Å². The Morgan fingerprint density at radius 3 is 2.61 bits per heavy atom. The van der Waals surface area contributed by atoms with Gasteiger partial charge in [-0.05, 0) is 69.2 Å². The molecule has 126 valence electrons. The summed E-state index contributed by atoms with van der Waals surface area (Å²) in [7, 11) is 0. The van der Waals surface area contributed by atoms with Gasteiger partial charge in [0.25, 0.3) is 0 Å². The van der Waals surface area contributed by atoms with Crippen LogP contribution in [0.3, 0.4) is 0 Å². The maximum atomic E-state index is 11.8. The van der Waals surface area contributed by atoms with Crippen LogP contribution in [0.25, 0.3) is 0 Å². The number of carbonyl (C=O) groups is 1. The lowest BCUT2D eigenvalue weighted by atomic mass is 9.59. The summed E-state index contributed by atoms with van der Waals surface area (Å²) >= 11 is 0. The van der Waals surface area contributed by atoms with Crippen LogP contribution in [0.4, 0.5) is 0 Å². The first kappa shape index (κ1) is 16.5. The van der Waals surface area contributed by atoms with Gasteiger partial charge in [0, 0.05) is 12.6 Å². The second-order valence-electron chi connectivity index (χ2n) is 6.65. The molecule has 1 aromatic rings. The van der Waals surface area contributed by atoms with Gasteiger partial charge in [-0.25, -0.2) is 4.79 Å². The van der Waals surface area contributed by atoms with E-state index in [9.17, 15) is 4.79 Å². The zero-order valence-corrected chi connectivity index (χ0v) is 14.1. The molecule has 0 amide bonds. The fraction of sp³-hybridized carbons (Fsp3) is 0.632. The van der Waals surface area contributed by atoms with E-state index in [-0.39, 0.29) is 5.97 Å². The van der Waals surface area contributed by atoms with E-state index in [0.29, 0.717) is 29.7 Å². The zero-order valence-electron chi connectivity index (χ0n) is 14.1. The van der Waals surface area contributed by atoms with Crippen molar-refractivity contribution in [3.05, 3.63) is 35.4 Å². The third kappa shape index (κ3) is 3.29. The first-order valence-corrected chi connectivity index (χ1v) is 8.80. The number of benzene rings is 1. The van der Waals surface area contributed by atoms with Gasteiger partial charge in [0.15, 0.2) is 0 Å². The molecule has 0 radical (unpaired) electrons. The number of hydrogen-bond donors (Lipinski definition) is 1. The Kier molecular flexibility index (Phi) is 5.02. The number of ether oxygens (including phenoxy) is 2. The maximum absolute atomic E-state index is 11.8. The van der Waals surface area contributed by atoms with E-state index in [0.717, 1.165) is 19.6 Å². The minimum atomic E-state index is -0.248. The highest BCUT2D eigenvalue weighted by atomic mass is 16.5. The van der Waals surface area contributed by atoms with Crippen LogP contribution in [-0.4, -0.2) is 31.8 Å². The van der Waals surface area contributed by atoms with E-state index in [4.69, 9.17) is 9.47 Å². The van der Waals surface area contributed by atoms with Crippen LogP contribution in [-0.2, 0) is 9.47 Å². The van der Waals surface area contributed by atoms with Gasteiger partial charge in [0.1, 0.15) is 0 Å². The largest absolute Gasteiger partial charge is 0.462 e. The van der Waals surface area contributed by atoms with Gasteiger partial charge in [-0.3, -0.25) is 0 Å². The molecule has 1 spiro atoms. The molecule has 0 bridgehead atoms. The molecule has 1 heterocycles. The van der Waals surface area contributed by atoms with E-state index in [1.165, 1.54) is 24.8 Å². The number of piperidine rings is 1. The molecule has 23 heavy (non-hydrogen) atoms. The van der Waals surface area contributed by atoms with E-state index in [1.807, 2.05) is 19.1 Å². The first-order chi connectivity index (χ1) is 11.2. The van der Waals surface area contributed by atoms with Crippen molar-refractivity contribution in [3.8, 4) is 0 Å². The van der Waals surface area contributed by atoms with E-state index >= 15 is 0 Å². The molecule has 2 aliphatic rings. The minimum absolute atomic E-state index is 0.248. The molecule has 0 aromatic heterocycles. The molecule has 4 nitrogen and oxygen atoms in total. The fourth-order valence-electron chi connectivity index (χ4n) is 4.03. The number of esters is 1. The zero-order chi connectivity index (χ0) is 16.3. The molecule has 1 aliphatic heterocycles. The van der Waals surface area contributed by atoms with Crippen LogP contribution in [0.15, 0.2) is 24.3 Å². The van der Waals surface area contributed by atoms with Crippen molar-refractivity contribution in [3.63, 3.8) is 0 Å². The summed E-state index contributed by atoms with van der Waals surface area (Å²) in [5.74, 6) is -0.248. The van der Waals surface area contributed by atoms with Crippen molar-refractivity contribution in [2.75, 3.05) is 19.8 Å². The van der Waals surface area contributed by atoms with Crippen LogP contribution >= 0.6 is 0 Å². The molecular formula is C19H27NO3. The molecule has 3 unspecified atom stereocenters. The Labute approximate surface area is 138 Å². The quantitative estimate of drug-likeness (QED) is 0.845. The normalized spacial score (nSPS) is 30.0. The standard InChI is InChI=1S/C19H27NO3/c1-3-22-17-9-10-19(17)11-12-20-16(13-19)14-5-7-15(8-6-14)18(21)23-4-2/h5-8,16-17,20H,3-4,9-13H2,1-2H3. The monoisotopic (exact) mass is 317 g/mol. The van der Waals surface area contributed by atoms with Crippen molar-refractivity contribution in [2.45, 2.75) is 51.7 Å². The molecule has 1 aliphatic carbocycles. The molecule has 1 aromatic carbocycles. The lowest BCUT2D eigenvalue weighted by Gasteiger charge is -2.53. The lowest BCUT2D eigenvalue weighted by Crippen LogP contribution is -2.53. The van der Waals surface area contributed by atoms with Gasteiger partial charge in [0.05, 0.1) is 18.3 Å². The van der Waals surface area contributed by atoms with Gasteiger partial charge >= 0.3 is 5.97 Å². The third-order valence-electron chi connectivity index (χ3n) is 5.40. The molecule has 1 saturated carbocycles. The van der Waals surface area contributed by atoms with Crippen LogP contribution < -0.4 is 5.32 Å². The van der Waals surface area contributed by atoms with Gasteiger partial charge in [0.2, 0.25) is 0 Å². The summed E-state index contributed by atoms with van der Waals surface area (Å²) in [5, 5.41) is 3.62. The maximum Gasteiger partial charge on any atom is 0.338 e. The fourth-order valence-corrected chi connectivity index (χ4v) is 4.03. The lowest BCUT2D eigenvalue weighted by molar-refractivity contribution is -0.128. The van der Waals surface area contributed by atoms with Gasteiger partial charge in [-0.1, -0.05) is 12.1 Å². The van der Waals surface area contributed by atoms with Gasteiger partial charge < -0.3 is 14.8 Å². The summed E-state index contributed by atoms with van der Waals surface area (Å²) in [4.78, 5) is 11.8. The summed E-state index contributed by atoms with van der Waals surface area (Å²) in [6.07, 6.45) is 5.22. The Morgan fingerprint density at radius 2 is 2.00 bits per heavy atom. The number of rotatable bonds is 5.